The van der Waals surface area contributed by atoms with Crippen LogP contribution in [0.4, 0.5) is 0 Å². The summed E-state index contributed by atoms with van der Waals surface area (Å²) in [4.78, 5) is 32.0. The van der Waals surface area contributed by atoms with Crippen molar-refractivity contribution < 1.29 is 4.79 Å². The molecule has 2 aliphatic heterocycles. The Kier molecular flexibility index (Phi) is 5.80. The minimum Gasteiger partial charge on any atom is -0.346 e. The molecule has 5 heterocycles. The van der Waals surface area contributed by atoms with Gasteiger partial charge in [0.25, 0.3) is 5.91 Å². The molecule has 2 aliphatic rings. The smallest absolute Gasteiger partial charge is 0.257 e. The minimum atomic E-state index is 0.00273. The van der Waals surface area contributed by atoms with Gasteiger partial charge in [0.05, 0.1) is 5.56 Å². The minimum absolute atomic E-state index is 0.00273. The molecule has 1 amide bonds. The summed E-state index contributed by atoms with van der Waals surface area (Å²) >= 11 is 0. The largest absolute Gasteiger partial charge is 0.346 e. The molecule has 7 heteroatoms. The topological polar surface area (TPSA) is 86.8 Å². The molecular weight excluding hydrogens is 448 g/mol. The van der Waals surface area contributed by atoms with Crippen molar-refractivity contribution >= 4 is 16.9 Å². The lowest BCUT2D eigenvalue weighted by Gasteiger charge is -2.32. The third-order valence-electron chi connectivity index (χ3n) is 7.61. The van der Waals surface area contributed by atoms with Gasteiger partial charge in [0.1, 0.15) is 11.5 Å². The number of carbonyl (C=O) groups is 1. The third kappa shape index (κ3) is 4.07. The number of nitrogens with one attached hydrogen (secondary N) is 2. The Morgan fingerprint density at radius 1 is 1.08 bits per heavy atom. The molecule has 6 rings (SSSR count). The molecule has 4 aromatic rings. The molecule has 1 saturated heterocycles. The van der Waals surface area contributed by atoms with Crippen LogP contribution in [0.5, 0.6) is 0 Å². The van der Waals surface area contributed by atoms with E-state index in [0.29, 0.717) is 24.7 Å². The van der Waals surface area contributed by atoms with Crippen molar-refractivity contribution in [1.82, 2.24) is 30.2 Å². The highest BCUT2D eigenvalue weighted by atomic mass is 16.2. The fourth-order valence-corrected chi connectivity index (χ4v) is 5.52. The van der Waals surface area contributed by atoms with Crippen molar-refractivity contribution in [1.29, 1.82) is 0 Å². The highest BCUT2D eigenvalue weighted by molar-refractivity contribution is 5.94. The highest BCUT2D eigenvalue weighted by Gasteiger charge is 2.28. The monoisotopic (exact) mass is 480 g/mol. The van der Waals surface area contributed by atoms with E-state index in [2.05, 4.69) is 64.2 Å². The number of aromatic nitrogens is 4. The predicted octanol–water partition coefficient (Wildman–Crippen LogP) is 5.07. The number of H-pyrrole nitrogens is 1. The van der Waals surface area contributed by atoms with Crippen molar-refractivity contribution in [3.05, 3.63) is 76.6 Å². The van der Waals surface area contributed by atoms with Gasteiger partial charge in [0.2, 0.25) is 0 Å². The number of hydrogen-bond acceptors (Lipinski definition) is 5. The third-order valence-corrected chi connectivity index (χ3v) is 7.61. The average molecular weight is 481 g/mol. The van der Waals surface area contributed by atoms with E-state index < -0.39 is 0 Å². The zero-order valence-corrected chi connectivity index (χ0v) is 21.1. The van der Waals surface area contributed by atoms with Gasteiger partial charge in [-0.1, -0.05) is 19.9 Å². The molecule has 1 aromatic carbocycles. The van der Waals surface area contributed by atoms with E-state index in [4.69, 9.17) is 0 Å². The maximum atomic E-state index is 13.4. The number of pyridine rings is 1. The van der Waals surface area contributed by atoms with Crippen LogP contribution in [0, 0.1) is 6.92 Å². The van der Waals surface area contributed by atoms with Crippen LogP contribution >= 0.6 is 0 Å². The molecule has 0 unspecified atom stereocenters. The van der Waals surface area contributed by atoms with Gasteiger partial charge in [0, 0.05) is 60.8 Å². The normalized spacial score (nSPS) is 17.7. The first-order valence-corrected chi connectivity index (χ1v) is 12.9. The van der Waals surface area contributed by atoms with Gasteiger partial charge < -0.3 is 15.2 Å². The summed E-state index contributed by atoms with van der Waals surface area (Å²) in [5.74, 6) is 1.01. The fourth-order valence-electron chi connectivity index (χ4n) is 5.52. The lowest BCUT2D eigenvalue weighted by molar-refractivity contribution is 0.0733. The van der Waals surface area contributed by atoms with Crippen molar-refractivity contribution in [3.63, 3.8) is 0 Å². The van der Waals surface area contributed by atoms with Gasteiger partial charge >= 0.3 is 0 Å². The van der Waals surface area contributed by atoms with Crippen molar-refractivity contribution in [3.8, 4) is 11.1 Å². The van der Waals surface area contributed by atoms with Gasteiger partial charge in [-0.15, -0.1) is 0 Å². The van der Waals surface area contributed by atoms with Crippen LogP contribution < -0.4 is 5.32 Å². The highest BCUT2D eigenvalue weighted by Crippen LogP contribution is 2.36. The number of hydrogen-bond donors (Lipinski definition) is 2. The molecule has 0 radical (unpaired) electrons. The second-order valence-electron chi connectivity index (χ2n) is 10.4. The summed E-state index contributed by atoms with van der Waals surface area (Å²) in [6, 6.07) is 7.18. The predicted molar refractivity (Wildman–Crippen MR) is 141 cm³/mol. The van der Waals surface area contributed by atoms with Gasteiger partial charge in [0.15, 0.2) is 0 Å². The van der Waals surface area contributed by atoms with E-state index in [9.17, 15) is 4.79 Å². The summed E-state index contributed by atoms with van der Waals surface area (Å²) in [5, 5.41) is 4.85. The van der Waals surface area contributed by atoms with Gasteiger partial charge in [-0.05, 0) is 72.7 Å². The number of aryl methyl sites for hydroxylation is 1. The van der Waals surface area contributed by atoms with E-state index in [0.717, 1.165) is 41.8 Å². The number of carbonyl (C=O) groups excluding carboxylic acids is 1. The maximum Gasteiger partial charge on any atom is 0.257 e. The summed E-state index contributed by atoms with van der Waals surface area (Å²) in [5.41, 5.74) is 8.94. The maximum absolute atomic E-state index is 13.4. The SMILES string of the molecule is Cc1c[nH]c2ncc(-c3cc4c(c([C@@H]5CCCN5)c3)CN(C(=O)c3cnc(C(C)C)nc3)CC4)cc12. The molecule has 7 nitrogen and oxygen atoms in total. The molecule has 0 bridgehead atoms. The number of nitrogens with zero attached hydrogens (tertiary/aromatic N) is 4. The molecule has 0 saturated carbocycles. The van der Waals surface area contributed by atoms with E-state index >= 15 is 0 Å². The number of fused-ring (bicyclic) bond motifs is 2. The summed E-state index contributed by atoms with van der Waals surface area (Å²) in [6.45, 7) is 8.55. The van der Waals surface area contributed by atoms with Crippen molar-refractivity contribution in [2.24, 2.45) is 0 Å². The van der Waals surface area contributed by atoms with Crippen molar-refractivity contribution in [2.45, 2.75) is 58.5 Å². The molecule has 0 aliphatic carbocycles. The first-order valence-electron chi connectivity index (χ1n) is 12.9. The number of rotatable bonds is 4. The Bertz CT molecular complexity index is 1430. The lowest BCUT2D eigenvalue weighted by Crippen LogP contribution is -2.37. The van der Waals surface area contributed by atoms with Crippen molar-refractivity contribution in [2.75, 3.05) is 13.1 Å². The summed E-state index contributed by atoms with van der Waals surface area (Å²) in [6.07, 6.45) is 10.4. The Balaban J connectivity index is 1.35. The fraction of sp³-hybridized carbons (Fsp3) is 0.379. The Labute approximate surface area is 211 Å². The van der Waals surface area contributed by atoms with Crippen LogP contribution in [0.25, 0.3) is 22.2 Å². The molecular formula is C29H32N6O. The van der Waals surface area contributed by atoms with Gasteiger partial charge in [-0.25, -0.2) is 15.0 Å². The van der Waals surface area contributed by atoms with E-state index in [1.165, 1.54) is 34.2 Å². The molecule has 0 spiro atoms. The van der Waals surface area contributed by atoms with Crippen LogP contribution in [-0.2, 0) is 13.0 Å². The standard InChI is InChI=1S/C29H32N6O/c1-17(2)27-32-14-22(15-33-27)29(36)35-8-6-19-9-20(10-24(25(19)16-35)26-5-4-7-30-26)21-11-23-18(3)12-31-28(23)34-13-21/h9-15,17,26,30H,4-8,16H2,1-3H3,(H,31,34)/t26-/m0/s1. The Hall–Kier alpha value is -3.58. The lowest BCUT2D eigenvalue weighted by atomic mass is 9.87. The molecule has 1 atom stereocenters. The Morgan fingerprint density at radius 2 is 1.92 bits per heavy atom. The van der Waals surface area contributed by atoms with Crippen LogP contribution in [0.2, 0.25) is 0 Å². The molecule has 1 fully saturated rings. The Morgan fingerprint density at radius 3 is 2.67 bits per heavy atom. The average Bonchev–Trinajstić information content (AvgIpc) is 3.57. The number of amides is 1. The first kappa shape index (κ1) is 22.9. The van der Waals surface area contributed by atoms with Crippen LogP contribution in [0.3, 0.4) is 0 Å². The van der Waals surface area contributed by atoms with Gasteiger partial charge in [-0.2, -0.15) is 0 Å². The first-order chi connectivity index (χ1) is 17.5. The zero-order chi connectivity index (χ0) is 24.8. The van der Waals surface area contributed by atoms with Gasteiger partial charge in [-0.3, -0.25) is 4.79 Å². The molecule has 3 aromatic heterocycles. The molecule has 36 heavy (non-hydrogen) atoms. The molecule has 184 valence electrons. The van der Waals surface area contributed by atoms with Crippen LogP contribution in [0.1, 0.15) is 77.1 Å². The van der Waals surface area contributed by atoms with E-state index in [-0.39, 0.29) is 11.8 Å². The molecule has 2 N–H and O–H groups in total. The van der Waals surface area contributed by atoms with Crippen LogP contribution in [-0.4, -0.2) is 43.8 Å². The second kappa shape index (κ2) is 9.13. The zero-order valence-electron chi connectivity index (χ0n) is 21.1. The summed E-state index contributed by atoms with van der Waals surface area (Å²) in [7, 11) is 0. The summed E-state index contributed by atoms with van der Waals surface area (Å²) < 4.78 is 0. The quantitative estimate of drug-likeness (QED) is 0.426. The second-order valence-corrected chi connectivity index (χ2v) is 10.4. The number of benzene rings is 1. The van der Waals surface area contributed by atoms with Crippen LogP contribution in [0.15, 0.2) is 43.0 Å². The number of aromatic amines is 1. The van der Waals surface area contributed by atoms with E-state index in [1.54, 1.807) is 12.4 Å². The van der Waals surface area contributed by atoms with E-state index in [1.807, 2.05) is 17.3 Å².